The summed E-state index contributed by atoms with van der Waals surface area (Å²) in [6.07, 6.45) is 0.814. The predicted octanol–water partition coefficient (Wildman–Crippen LogP) is 5.16. The van der Waals surface area contributed by atoms with Crippen molar-refractivity contribution < 1.29 is 14.3 Å². The zero-order valence-electron chi connectivity index (χ0n) is 18.5. The van der Waals surface area contributed by atoms with Gasteiger partial charge in [0.1, 0.15) is 17.3 Å². The maximum absolute atomic E-state index is 12.3. The smallest absolute Gasteiger partial charge is 0.258 e. The van der Waals surface area contributed by atoms with Crippen LogP contribution in [0.2, 0.25) is 5.02 Å². The van der Waals surface area contributed by atoms with Crippen molar-refractivity contribution in [1.82, 2.24) is 14.9 Å². The number of amides is 1. The number of para-hydroxylation sites is 2. The van der Waals surface area contributed by atoms with E-state index >= 15 is 0 Å². The Morgan fingerprint density at radius 3 is 2.64 bits per heavy atom. The third-order valence-corrected chi connectivity index (χ3v) is 5.40. The maximum atomic E-state index is 12.3. The lowest BCUT2D eigenvalue weighted by atomic mass is 10.2. The molecule has 3 aromatic carbocycles. The van der Waals surface area contributed by atoms with E-state index in [2.05, 4.69) is 9.88 Å². The molecule has 0 bridgehead atoms. The first-order chi connectivity index (χ1) is 16.1. The molecule has 0 spiro atoms. The molecule has 0 radical (unpaired) electrons. The van der Waals surface area contributed by atoms with Gasteiger partial charge in [0.2, 0.25) is 0 Å². The highest BCUT2D eigenvalue weighted by atomic mass is 35.5. The quantitative estimate of drug-likeness (QED) is 0.330. The lowest BCUT2D eigenvalue weighted by Gasteiger charge is -2.12. The van der Waals surface area contributed by atoms with Gasteiger partial charge in [-0.15, -0.1) is 0 Å². The van der Waals surface area contributed by atoms with Crippen LogP contribution >= 0.6 is 11.6 Å². The van der Waals surface area contributed by atoms with Gasteiger partial charge in [0.15, 0.2) is 6.61 Å². The number of ether oxygens (including phenoxy) is 2. The second-order valence-electron chi connectivity index (χ2n) is 7.71. The Kier molecular flexibility index (Phi) is 7.47. The topological polar surface area (TPSA) is 65.4 Å². The van der Waals surface area contributed by atoms with Crippen molar-refractivity contribution >= 4 is 28.5 Å². The average Bonchev–Trinajstić information content (AvgIpc) is 3.17. The number of carbonyl (C=O) groups excluding carboxylic acids is 1. The zero-order valence-corrected chi connectivity index (χ0v) is 19.2. The Hall–Kier alpha value is -3.51. The van der Waals surface area contributed by atoms with Crippen LogP contribution in [0.15, 0.2) is 72.8 Å². The number of carbonyl (C=O) groups is 1. The van der Waals surface area contributed by atoms with Gasteiger partial charge >= 0.3 is 0 Å². The monoisotopic (exact) mass is 463 g/mol. The van der Waals surface area contributed by atoms with Crippen LogP contribution < -0.4 is 14.8 Å². The minimum absolute atomic E-state index is 0.0772. The number of aryl methyl sites for hydroxylation is 2. The zero-order chi connectivity index (χ0) is 23.0. The van der Waals surface area contributed by atoms with Crippen LogP contribution in [0, 0.1) is 6.92 Å². The number of rotatable bonds is 10. The van der Waals surface area contributed by atoms with E-state index in [1.807, 2.05) is 55.5 Å². The van der Waals surface area contributed by atoms with Crippen LogP contribution in [0.1, 0.15) is 17.8 Å². The summed E-state index contributed by atoms with van der Waals surface area (Å²) < 4.78 is 13.5. The molecule has 0 fully saturated rings. The molecule has 1 aromatic heterocycles. The van der Waals surface area contributed by atoms with Gasteiger partial charge in [-0.25, -0.2) is 4.98 Å². The summed E-state index contributed by atoms with van der Waals surface area (Å²) in [7, 11) is 0. The average molecular weight is 464 g/mol. The highest BCUT2D eigenvalue weighted by Crippen LogP contribution is 2.18. The van der Waals surface area contributed by atoms with Crippen LogP contribution in [0.4, 0.5) is 0 Å². The van der Waals surface area contributed by atoms with Crippen molar-refractivity contribution in [2.75, 3.05) is 13.2 Å². The van der Waals surface area contributed by atoms with Gasteiger partial charge in [-0.1, -0.05) is 35.9 Å². The van der Waals surface area contributed by atoms with Gasteiger partial charge < -0.3 is 19.4 Å². The second-order valence-corrected chi connectivity index (χ2v) is 8.14. The van der Waals surface area contributed by atoms with E-state index in [4.69, 9.17) is 26.1 Å². The number of benzene rings is 3. The van der Waals surface area contributed by atoms with Crippen molar-refractivity contribution in [3.05, 3.63) is 89.2 Å². The highest BCUT2D eigenvalue weighted by molar-refractivity contribution is 6.30. The molecule has 0 aliphatic rings. The molecule has 1 amide bonds. The summed E-state index contributed by atoms with van der Waals surface area (Å²) in [4.78, 5) is 17.0. The Morgan fingerprint density at radius 2 is 1.82 bits per heavy atom. The molecule has 0 unspecified atom stereocenters. The number of aromatic nitrogens is 2. The van der Waals surface area contributed by atoms with Gasteiger partial charge in [-0.3, -0.25) is 4.79 Å². The summed E-state index contributed by atoms with van der Waals surface area (Å²) in [6, 6.07) is 22.9. The molecule has 0 aliphatic heterocycles. The lowest BCUT2D eigenvalue weighted by Crippen LogP contribution is -2.29. The van der Waals surface area contributed by atoms with Crippen molar-refractivity contribution in [2.45, 2.75) is 26.4 Å². The fraction of sp³-hybridized carbons (Fsp3) is 0.231. The van der Waals surface area contributed by atoms with Crippen LogP contribution in [-0.4, -0.2) is 28.7 Å². The van der Waals surface area contributed by atoms with E-state index in [1.165, 1.54) is 5.56 Å². The molecule has 33 heavy (non-hydrogen) atoms. The molecule has 0 saturated heterocycles. The lowest BCUT2D eigenvalue weighted by molar-refractivity contribution is -0.123. The van der Waals surface area contributed by atoms with Gasteiger partial charge in [0.05, 0.1) is 24.2 Å². The number of hydrogen-bond acceptors (Lipinski definition) is 4. The first-order valence-electron chi connectivity index (χ1n) is 10.9. The molecule has 0 aliphatic carbocycles. The molecule has 4 aromatic rings. The molecule has 6 nitrogen and oxygen atoms in total. The largest absolute Gasteiger partial charge is 0.494 e. The Balaban J connectivity index is 1.34. The number of nitrogens with one attached hydrogen (secondary N) is 1. The minimum atomic E-state index is -0.216. The fourth-order valence-corrected chi connectivity index (χ4v) is 3.66. The molecule has 1 heterocycles. The van der Waals surface area contributed by atoms with Gasteiger partial charge in [-0.05, 0) is 67.4 Å². The second kappa shape index (κ2) is 10.9. The van der Waals surface area contributed by atoms with Gasteiger partial charge in [0, 0.05) is 11.6 Å². The summed E-state index contributed by atoms with van der Waals surface area (Å²) in [5.41, 5.74) is 3.11. The first kappa shape index (κ1) is 22.7. The van der Waals surface area contributed by atoms with Crippen molar-refractivity contribution in [1.29, 1.82) is 0 Å². The molecular weight excluding hydrogens is 438 g/mol. The Morgan fingerprint density at radius 1 is 1.00 bits per heavy atom. The molecular formula is C26H26ClN3O3. The number of fused-ring (bicyclic) bond motifs is 1. The molecule has 1 N–H and O–H groups in total. The van der Waals surface area contributed by atoms with Crippen molar-refractivity contribution in [3.63, 3.8) is 0 Å². The fourth-order valence-electron chi connectivity index (χ4n) is 3.54. The van der Waals surface area contributed by atoms with Crippen LogP contribution in [0.5, 0.6) is 11.5 Å². The van der Waals surface area contributed by atoms with Crippen molar-refractivity contribution in [3.8, 4) is 11.5 Å². The van der Waals surface area contributed by atoms with E-state index < -0.39 is 0 Å². The van der Waals surface area contributed by atoms with Crippen LogP contribution in [0.3, 0.4) is 0 Å². The highest BCUT2D eigenvalue weighted by Gasteiger charge is 2.12. The number of nitrogens with zero attached hydrogens (tertiary/aromatic N) is 2. The van der Waals surface area contributed by atoms with E-state index in [-0.39, 0.29) is 12.5 Å². The molecule has 0 atom stereocenters. The van der Waals surface area contributed by atoms with Crippen LogP contribution in [0.25, 0.3) is 11.0 Å². The molecule has 4 rings (SSSR count). The normalized spacial score (nSPS) is 10.8. The third kappa shape index (κ3) is 6.26. The van der Waals surface area contributed by atoms with Gasteiger partial charge in [0.25, 0.3) is 5.91 Å². The SMILES string of the molecule is Cc1cccc(OCCCn2c(CNC(=O)COc3ccc(Cl)cc3)nc3ccccc32)c1. The van der Waals surface area contributed by atoms with E-state index in [0.29, 0.717) is 23.9 Å². The van der Waals surface area contributed by atoms with E-state index in [1.54, 1.807) is 24.3 Å². The van der Waals surface area contributed by atoms with E-state index in [0.717, 1.165) is 35.6 Å². The molecule has 0 saturated carbocycles. The number of imidazole rings is 1. The minimum Gasteiger partial charge on any atom is -0.494 e. The first-order valence-corrected chi connectivity index (χ1v) is 11.2. The number of hydrogen-bond donors (Lipinski definition) is 1. The van der Waals surface area contributed by atoms with E-state index in [9.17, 15) is 4.79 Å². The summed E-state index contributed by atoms with van der Waals surface area (Å²) >= 11 is 5.87. The standard InChI is InChI=1S/C26H26ClN3O3/c1-19-6-4-7-22(16-19)32-15-5-14-30-24-9-3-2-8-23(24)29-25(30)17-28-26(31)18-33-21-12-10-20(27)11-13-21/h2-4,6-13,16H,5,14-15,17-18H2,1H3,(H,28,31). The summed E-state index contributed by atoms with van der Waals surface area (Å²) in [5.74, 6) is 2.05. The predicted molar refractivity (Wildman–Crippen MR) is 130 cm³/mol. The number of halogens is 1. The molecule has 170 valence electrons. The maximum Gasteiger partial charge on any atom is 0.258 e. The third-order valence-electron chi connectivity index (χ3n) is 5.15. The van der Waals surface area contributed by atoms with Crippen molar-refractivity contribution in [2.24, 2.45) is 0 Å². The Bertz CT molecular complexity index is 1220. The van der Waals surface area contributed by atoms with Gasteiger partial charge in [-0.2, -0.15) is 0 Å². The Labute approximate surface area is 198 Å². The summed E-state index contributed by atoms with van der Waals surface area (Å²) in [6.45, 7) is 3.61. The van der Waals surface area contributed by atoms with Crippen LogP contribution in [-0.2, 0) is 17.9 Å². The summed E-state index contributed by atoms with van der Waals surface area (Å²) in [5, 5.41) is 3.52. The molecule has 7 heteroatoms.